The van der Waals surface area contributed by atoms with E-state index < -0.39 is 5.97 Å². The lowest BCUT2D eigenvalue weighted by atomic mass is 9.54. The highest BCUT2D eigenvalue weighted by Gasteiger charge is 2.51. The van der Waals surface area contributed by atoms with Gasteiger partial charge in [-0.2, -0.15) is 0 Å². The highest BCUT2D eigenvalue weighted by atomic mass is 16.4. The van der Waals surface area contributed by atoms with Gasteiger partial charge in [0.15, 0.2) is 0 Å². The van der Waals surface area contributed by atoms with Crippen molar-refractivity contribution < 1.29 is 9.90 Å². The molecule has 0 radical (unpaired) electrons. The number of carboxylic acids is 1. The molecule has 0 heterocycles. The lowest BCUT2D eigenvalue weighted by Gasteiger charge is -2.50. The predicted molar refractivity (Wildman–Crippen MR) is 91.9 cm³/mol. The second-order valence-corrected chi connectivity index (χ2v) is 8.28. The van der Waals surface area contributed by atoms with Gasteiger partial charge in [-0.3, -0.25) is 4.79 Å². The molecular formula is C21H26O2. The first-order valence-electron chi connectivity index (χ1n) is 8.96. The van der Waals surface area contributed by atoms with Crippen LogP contribution in [0.5, 0.6) is 0 Å². The molecule has 4 atom stereocenters. The third-order valence-corrected chi connectivity index (χ3v) is 7.26. The van der Waals surface area contributed by atoms with Crippen LogP contribution in [0, 0.1) is 22.7 Å². The minimum absolute atomic E-state index is 0.108. The second kappa shape index (κ2) is 4.96. The number of fused-ring (bicyclic) bond motifs is 4. The van der Waals surface area contributed by atoms with Gasteiger partial charge in [0.1, 0.15) is 0 Å². The average molecular weight is 310 g/mol. The fourth-order valence-corrected chi connectivity index (χ4v) is 5.79. The summed E-state index contributed by atoms with van der Waals surface area (Å²) < 4.78 is 0. The highest BCUT2D eigenvalue weighted by Crippen LogP contribution is 2.62. The molecule has 122 valence electrons. The molecule has 1 saturated carbocycles. The van der Waals surface area contributed by atoms with Gasteiger partial charge < -0.3 is 5.11 Å². The molecule has 2 nitrogen and oxygen atoms in total. The Bertz CT molecular complexity index is 678. The van der Waals surface area contributed by atoms with E-state index in [1.54, 1.807) is 11.1 Å². The van der Waals surface area contributed by atoms with Crippen LogP contribution in [-0.2, 0) is 4.79 Å². The number of carbonyl (C=O) groups is 1. The Balaban J connectivity index is 1.78. The van der Waals surface area contributed by atoms with Gasteiger partial charge >= 0.3 is 5.97 Å². The van der Waals surface area contributed by atoms with Gasteiger partial charge in [0.05, 0.1) is 0 Å². The van der Waals surface area contributed by atoms with Gasteiger partial charge in [0.25, 0.3) is 0 Å². The van der Waals surface area contributed by atoms with Gasteiger partial charge in [0, 0.05) is 11.8 Å². The van der Waals surface area contributed by atoms with E-state index in [1.165, 1.54) is 12.0 Å². The first-order valence-corrected chi connectivity index (χ1v) is 8.96. The number of hydrogen-bond donors (Lipinski definition) is 1. The third kappa shape index (κ3) is 2.03. The molecule has 0 spiro atoms. The van der Waals surface area contributed by atoms with Crippen LogP contribution in [0.15, 0.2) is 47.1 Å². The molecule has 0 unspecified atom stereocenters. The standard InChI is InChI=1S/C21H26O2/c1-20-11-4-3-5-14(20)6-8-16-17-9-7-15(13-19(22)23)21(17,2)12-10-18(16)20/h3-6,8,15,18H,7,9-13H2,1-2H3,(H,22,23)/t15-,18+,20+,21-/m1/s1. The molecule has 23 heavy (non-hydrogen) atoms. The Morgan fingerprint density at radius 3 is 2.87 bits per heavy atom. The molecule has 0 bridgehead atoms. The first kappa shape index (κ1) is 15.0. The molecule has 1 fully saturated rings. The summed E-state index contributed by atoms with van der Waals surface area (Å²) in [6.45, 7) is 4.75. The van der Waals surface area contributed by atoms with E-state index in [9.17, 15) is 9.90 Å². The van der Waals surface area contributed by atoms with Crippen LogP contribution >= 0.6 is 0 Å². The molecule has 4 aliphatic carbocycles. The minimum Gasteiger partial charge on any atom is -0.481 e. The number of rotatable bonds is 2. The minimum atomic E-state index is -0.640. The molecule has 4 aliphatic rings. The fraction of sp³-hybridized carbons (Fsp3) is 0.571. The largest absolute Gasteiger partial charge is 0.481 e. The molecule has 0 aromatic heterocycles. The maximum absolute atomic E-state index is 11.2. The van der Waals surface area contributed by atoms with Gasteiger partial charge in [0.2, 0.25) is 0 Å². The molecule has 0 aromatic rings. The van der Waals surface area contributed by atoms with E-state index in [1.807, 2.05) is 0 Å². The summed E-state index contributed by atoms with van der Waals surface area (Å²) in [4.78, 5) is 11.2. The lowest BCUT2D eigenvalue weighted by Crippen LogP contribution is -2.40. The van der Waals surface area contributed by atoms with Gasteiger partial charge in [-0.1, -0.05) is 49.8 Å². The average Bonchev–Trinajstić information content (AvgIpc) is 2.83. The van der Waals surface area contributed by atoms with E-state index in [-0.39, 0.29) is 10.8 Å². The van der Waals surface area contributed by atoms with E-state index in [4.69, 9.17) is 0 Å². The zero-order valence-electron chi connectivity index (χ0n) is 14.1. The highest BCUT2D eigenvalue weighted by molar-refractivity contribution is 5.67. The molecule has 0 aromatic carbocycles. The Hall–Kier alpha value is -1.57. The van der Waals surface area contributed by atoms with E-state index in [0.29, 0.717) is 18.3 Å². The fourth-order valence-electron chi connectivity index (χ4n) is 5.79. The van der Waals surface area contributed by atoms with Crippen LogP contribution in [-0.4, -0.2) is 11.1 Å². The number of hydrogen-bond acceptors (Lipinski definition) is 1. The second-order valence-electron chi connectivity index (χ2n) is 8.28. The van der Waals surface area contributed by atoms with E-state index in [2.05, 4.69) is 44.2 Å². The summed E-state index contributed by atoms with van der Waals surface area (Å²) in [5.41, 5.74) is 4.93. The molecule has 4 rings (SSSR count). The lowest BCUT2D eigenvalue weighted by molar-refractivity contribution is -0.138. The van der Waals surface area contributed by atoms with Crippen LogP contribution in [0.1, 0.15) is 52.4 Å². The van der Waals surface area contributed by atoms with Crippen molar-refractivity contribution >= 4 is 5.97 Å². The van der Waals surface area contributed by atoms with Gasteiger partial charge in [-0.15, -0.1) is 0 Å². The third-order valence-electron chi connectivity index (χ3n) is 7.26. The molecule has 2 heteroatoms. The zero-order valence-corrected chi connectivity index (χ0v) is 14.1. The number of aliphatic carboxylic acids is 1. The van der Waals surface area contributed by atoms with Crippen molar-refractivity contribution in [1.82, 2.24) is 0 Å². The van der Waals surface area contributed by atoms with Crippen molar-refractivity contribution in [3.8, 4) is 0 Å². The Labute approximate surface area is 138 Å². The topological polar surface area (TPSA) is 37.3 Å². The Kier molecular flexibility index (Phi) is 3.23. The SMILES string of the molecule is C[C@]12CC[C@H]3C(=C1CC[C@@H]2CC(=O)O)C=CC1=CC=CC[C@@]13C. The molecule has 0 saturated heterocycles. The number of allylic oxidation sites excluding steroid dienone is 8. The van der Waals surface area contributed by atoms with Crippen LogP contribution in [0.4, 0.5) is 0 Å². The molecule has 1 N–H and O–H groups in total. The van der Waals surface area contributed by atoms with E-state index in [0.717, 1.165) is 25.7 Å². The quantitative estimate of drug-likeness (QED) is 0.775. The summed E-state index contributed by atoms with van der Waals surface area (Å²) in [5, 5.41) is 9.26. The van der Waals surface area contributed by atoms with E-state index >= 15 is 0 Å². The summed E-state index contributed by atoms with van der Waals surface area (Å²) in [6.07, 6.45) is 17.4. The zero-order chi connectivity index (χ0) is 16.2. The van der Waals surface area contributed by atoms with Crippen molar-refractivity contribution in [2.45, 2.75) is 52.4 Å². The monoisotopic (exact) mass is 310 g/mol. The summed E-state index contributed by atoms with van der Waals surface area (Å²) in [5.74, 6) is 0.279. The number of carboxylic acid groups (broad SMARTS) is 1. The first-order chi connectivity index (χ1) is 10.9. The van der Waals surface area contributed by atoms with Crippen molar-refractivity contribution in [2.24, 2.45) is 22.7 Å². The normalized spacial score (nSPS) is 41.2. The Morgan fingerprint density at radius 2 is 2.09 bits per heavy atom. The van der Waals surface area contributed by atoms with Crippen molar-refractivity contribution in [1.29, 1.82) is 0 Å². The maximum Gasteiger partial charge on any atom is 0.303 e. The predicted octanol–water partition coefficient (Wildman–Crippen LogP) is 5.05. The van der Waals surface area contributed by atoms with Crippen LogP contribution in [0.3, 0.4) is 0 Å². The van der Waals surface area contributed by atoms with Crippen LogP contribution < -0.4 is 0 Å². The maximum atomic E-state index is 11.2. The van der Waals surface area contributed by atoms with Gasteiger partial charge in [-0.05, 0) is 60.5 Å². The summed E-state index contributed by atoms with van der Waals surface area (Å²) >= 11 is 0. The van der Waals surface area contributed by atoms with Crippen molar-refractivity contribution in [3.05, 3.63) is 47.1 Å². The molecule has 0 amide bonds. The summed E-state index contributed by atoms with van der Waals surface area (Å²) in [6, 6.07) is 0. The summed E-state index contributed by atoms with van der Waals surface area (Å²) in [7, 11) is 0. The molecule has 0 aliphatic heterocycles. The Morgan fingerprint density at radius 1 is 1.26 bits per heavy atom. The molecular weight excluding hydrogens is 284 g/mol. The van der Waals surface area contributed by atoms with Crippen molar-refractivity contribution in [2.75, 3.05) is 0 Å². The van der Waals surface area contributed by atoms with Crippen LogP contribution in [0.25, 0.3) is 0 Å². The smallest absolute Gasteiger partial charge is 0.303 e. The van der Waals surface area contributed by atoms with Gasteiger partial charge in [-0.25, -0.2) is 0 Å². The van der Waals surface area contributed by atoms with Crippen LogP contribution in [0.2, 0.25) is 0 Å². The van der Waals surface area contributed by atoms with Crippen molar-refractivity contribution in [3.63, 3.8) is 0 Å².